The molecule has 0 unspecified atom stereocenters. The van der Waals surface area contributed by atoms with Crippen LogP contribution in [-0.4, -0.2) is 28.8 Å². The number of carbonyl (C=O) groups is 1. The zero-order valence-electron chi connectivity index (χ0n) is 14.9. The van der Waals surface area contributed by atoms with Crippen LogP contribution in [0.1, 0.15) is 12.3 Å². The third-order valence-corrected chi connectivity index (χ3v) is 3.94. The van der Waals surface area contributed by atoms with E-state index in [0.717, 1.165) is 0 Å². The Bertz CT molecular complexity index is 975. The lowest BCUT2D eigenvalue weighted by Gasteiger charge is -2.13. The normalized spacial score (nSPS) is 11.3. The predicted octanol–water partition coefficient (Wildman–Crippen LogP) is 4.90. The number of nitrogens with one attached hydrogen (secondary N) is 1. The molecule has 0 radical (unpaired) electrons. The average Bonchev–Trinajstić information content (AvgIpc) is 3.15. The Morgan fingerprint density at radius 1 is 1.14 bits per heavy atom. The van der Waals surface area contributed by atoms with Gasteiger partial charge in [-0.25, -0.2) is 0 Å². The summed E-state index contributed by atoms with van der Waals surface area (Å²) in [6, 6.07) is 12.7. The highest BCUT2D eigenvalue weighted by Crippen LogP contribution is 2.26. The summed E-state index contributed by atoms with van der Waals surface area (Å²) in [4.78, 5) is 16.4. The van der Waals surface area contributed by atoms with E-state index in [-0.39, 0.29) is 30.2 Å². The highest BCUT2D eigenvalue weighted by Gasteiger charge is 2.28. The van der Waals surface area contributed by atoms with Crippen LogP contribution in [0.3, 0.4) is 0 Å². The van der Waals surface area contributed by atoms with Gasteiger partial charge >= 0.3 is 6.18 Å². The Morgan fingerprint density at radius 2 is 1.86 bits per heavy atom. The van der Waals surface area contributed by atoms with Crippen LogP contribution in [0.2, 0.25) is 5.02 Å². The van der Waals surface area contributed by atoms with Gasteiger partial charge in [-0.15, -0.1) is 0 Å². The molecule has 3 rings (SSSR count). The quantitative estimate of drug-likeness (QED) is 0.582. The Kier molecular flexibility index (Phi) is 6.38. The summed E-state index contributed by atoms with van der Waals surface area (Å²) in [6.45, 7) is -1.45. The summed E-state index contributed by atoms with van der Waals surface area (Å²) >= 11 is 5.84. The largest absolute Gasteiger partial charge is 0.482 e. The first-order valence-electron chi connectivity index (χ1n) is 8.47. The second kappa shape index (κ2) is 8.95. The number of amides is 1. The van der Waals surface area contributed by atoms with E-state index in [0.29, 0.717) is 16.4 Å². The van der Waals surface area contributed by atoms with E-state index in [2.05, 4.69) is 15.5 Å². The fourth-order valence-electron chi connectivity index (χ4n) is 2.36. The number of hydrogen-bond donors (Lipinski definition) is 1. The number of halogens is 4. The van der Waals surface area contributed by atoms with Crippen LogP contribution in [-0.2, 0) is 11.2 Å². The first-order chi connectivity index (χ1) is 13.8. The molecular formula is C19H15ClF3N3O3. The van der Waals surface area contributed by atoms with E-state index < -0.39 is 18.7 Å². The number of carbonyl (C=O) groups excluding carboxylic acids is 1. The molecule has 0 atom stereocenters. The van der Waals surface area contributed by atoms with Crippen LogP contribution in [0.15, 0.2) is 53.1 Å². The minimum absolute atomic E-state index is 0.00411. The first-order valence-corrected chi connectivity index (χ1v) is 8.85. The number of ether oxygens (including phenoxy) is 1. The van der Waals surface area contributed by atoms with E-state index in [1.165, 1.54) is 18.2 Å². The number of benzene rings is 2. The molecule has 0 spiro atoms. The zero-order valence-corrected chi connectivity index (χ0v) is 15.6. The van der Waals surface area contributed by atoms with E-state index >= 15 is 0 Å². The molecule has 0 saturated heterocycles. The van der Waals surface area contributed by atoms with Crippen molar-refractivity contribution in [1.82, 2.24) is 10.1 Å². The fraction of sp³-hybridized carbons (Fsp3) is 0.211. The number of rotatable bonds is 7. The topological polar surface area (TPSA) is 77.2 Å². The maximum atomic E-state index is 12.3. The van der Waals surface area contributed by atoms with Crippen molar-refractivity contribution in [2.24, 2.45) is 0 Å². The van der Waals surface area contributed by atoms with Crippen LogP contribution in [0, 0.1) is 0 Å². The summed E-state index contributed by atoms with van der Waals surface area (Å²) in [7, 11) is 0. The van der Waals surface area contributed by atoms with Crippen molar-refractivity contribution >= 4 is 23.2 Å². The summed E-state index contributed by atoms with van der Waals surface area (Å²) < 4.78 is 46.9. The van der Waals surface area contributed by atoms with Gasteiger partial charge in [-0.05, 0) is 36.4 Å². The van der Waals surface area contributed by atoms with Gasteiger partial charge in [-0.1, -0.05) is 28.9 Å². The lowest BCUT2D eigenvalue weighted by atomic mass is 10.2. The number of hydrogen-bond acceptors (Lipinski definition) is 5. The van der Waals surface area contributed by atoms with Crippen LogP contribution < -0.4 is 10.1 Å². The van der Waals surface area contributed by atoms with Gasteiger partial charge in [-0.2, -0.15) is 18.2 Å². The van der Waals surface area contributed by atoms with E-state index in [1.807, 2.05) is 0 Å². The Labute approximate surface area is 168 Å². The monoisotopic (exact) mass is 425 g/mol. The molecule has 152 valence electrons. The molecule has 3 aromatic rings. The van der Waals surface area contributed by atoms with E-state index in [9.17, 15) is 18.0 Å². The average molecular weight is 426 g/mol. The number of para-hydroxylation sites is 2. The smallest absolute Gasteiger partial charge is 0.422 e. The van der Waals surface area contributed by atoms with Crippen molar-refractivity contribution in [3.63, 3.8) is 0 Å². The maximum Gasteiger partial charge on any atom is 0.422 e. The predicted molar refractivity (Wildman–Crippen MR) is 99.7 cm³/mol. The van der Waals surface area contributed by atoms with Crippen molar-refractivity contribution in [1.29, 1.82) is 0 Å². The van der Waals surface area contributed by atoms with Gasteiger partial charge in [0, 0.05) is 23.4 Å². The van der Waals surface area contributed by atoms with Crippen LogP contribution in [0.5, 0.6) is 5.75 Å². The number of anilines is 1. The molecule has 6 nitrogen and oxygen atoms in total. The van der Waals surface area contributed by atoms with Crippen LogP contribution >= 0.6 is 11.6 Å². The van der Waals surface area contributed by atoms with Gasteiger partial charge in [0.2, 0.25) is 17.6 Å². The lowest BCUT2D eigenvalue weighted by Crippen LogP contribution is -2.20. The van der Waals surface area contributed by atoms with Crippen molar-refractivity contribution in [3.05, 3.63) is 59.4 Å². The number of aryl methyl sites for hydroxylation is 1. The van der Waals surface area contributed by atoms with Crippen LogP contribution in [0.4, 0.5) is 18.9 Å². The molecule has 1 N–H and O–H groups in total. The summed E-state index contributed by atoms with van der Waals surface area (Å²) in [5.74, 6) is 0.120. The Balaban J connectivity index is 1.56. The van der Waals surface area contributed by atoms with E-state index in [1.54, 1.807) is 30.3 Å². The highest BCUT2D eigenvalue weighted by molar-refractivity contribution is 6.30. The Morgan fingerprint density at radius 3 is 2.59 bits per heavy atom. The van der Waals surface area contributed by atoms with Gasteiger partial charge in [0.1, 0.15) is 5.75 Å². The third kappa shape index (κ3) is 6.21. The third-order valence-electron chi connectivity index (χ3n) is 3.69. The summed E-state index contributed by atoms with van der Waals surface area (Å²) in [5, 5.41) is 6.96. The summed E-state index contributed by atoms with van der Waals surface area (Å²) in [6.07, 6.45) is -4.31. The SMILES string of the molecule is O=C(CCc1nc(-c2ccc(Cl)cc2)no1)Nc1ccccc1OCC(F)(F)F. The number of aromatic nitrogens is 2. The van der Waals surface area contributed by atoms with Crippen molar-refractivity contribution in [2.75, 3.05) is 11.9 Å². The summed E-state index contributed by atoms with van der Waals surface area (Å²) in [5.41, 5.74) is 0.860. The lowest BCUT2D eigenvalue weighted by molar-refractivity contribution is -0.153. The minimum atomic E-state index is -4.48. The molecular weight excluding hydrogens is 411 g/mol. The Hall–Kier alpha value is -3.07. The maximum absolute atomic E-state index is 12.3. The first kappa shape index (κ1) is 20.7. The molecule has 2 aromatic carbocycles. The fourth-order valence-corrected chi connectivity index (χ4v) is 2.49. The molecule has 1 amide bonds. The van der Waals surface area contributed by atoms with Crippen molar-refractivity contribution in [2.45, 2.75) is 19.0 Å². The van der Waals surface area contributed by atoms with Crippen LogP contribution in [0.25, 0.3) is 11.4 Å². The van der Waals surface area contributed by atoms with Gasteiger partial charge in [-0.3, -0.25) is 4.79 Å². The van der Waals surface area contributed by atoms with Gasteiger partial charge < -0.3 is 14.6 Å². The molecule has 10 heteroatoms. The molecule has 1 heterocycles. The minimum Gasteiger partial charge on any atom is -0.482 e. The molecule has 0 fully saturated rings. The molecule has 0 bridgehead atoms. The molecule has 0 aliphatic heterocycles. The molecule has 29 heavy (non-hydrogen) atoms. The molecule has 0 aliphatic rings. The standard InChI is InChI=1S/C19H15ClF3N3O3/c20-13-7-5-12(6-8-13)18-25-17(29-26-18)10-9-16(27)24-14-3-1-2-4-15(14)28-11-19(21,22)23/h1-8H,9-11H2,(H,24,27). The number of nitrogens with zero attached hydrogens (tertiary/aromatic N) is 2. The molecule has 0 saturated carbocycles. The van der Waals surface area contributed by atoms with Crippen molar-refractivity contribution in [3.8, 4) is 17.1 Å². The zero-order chi connectivity index (χ0) is 20.9. The second-order valence-electron chi connectivity index (χ2n) is 5.97. The van der Waals surface area contributed by atoms with Gasteiger partial charge in [0.15, 0.2) is 6.61 Å². The van der Waals surface area contributed by atoms with Crippen molar-refractivity contribution < 1.29 is 27.2 Å². The molecule has 0 aliphatic carbocycles. The highest BCUT2D eigenvalue weighted by atomic mass is 35.5. The second-order valence-corrected chi connectivity index (χ2v) is 6.40. The van der Waals surface area contributed by atoms with E-state index in [4.69, 9.17) is 20.9 Å². The number of alkyl halides is 3. The van der Waals surface area contributed by atoms with Gasteiger partial charge in [0.05, 0.1) is 5.69 Å². The van der Waals surface area contributed by atoms with Gasteiger partial charge in [0.25, 0.3) is 0 Å². The molecule has 1 aromatic heterocycles.